The maximum Gasteiger partial charge on any atom is 0.256 e. The molecule has 0 unspecified atom stereocenters. The first kappa shape index (κ1) is 18.4. The second-order valence-corrected chi connectivity index (χ2v) is 6.75. The van der Waals surface area contributed by atoms with Crippen LogP contribution in [0.1, 0.15) is 47.4 Å². The number of nitrogens with zero attached hydrogens (tertiary/aromatic N) is 1. The van der Waals surface area contributed by atoms with E-state index in [0.29, 0.717) is 24.4 Å². The predicted octanol–water partition coefficient (Wildman–Crippen LogP) is 2.07. The number of morpholine rings is 1. The summed E-state index contributed by atoms with van der Waals surface area (Å²) in [7, 11) is 0. The first-order valence-corrected chi connectivity index (χ1v) is 8.84. The van der Waals surface area contributed by atoms with Crippen molar-refractivity contribution in [3.8, 4) is 0 Å². The van der Waals surface area contributed by atoms with E-state index >= 15 is 0 Å². The van der Waals surface area contributed by atoms with Crippen molar-refractivity contribution in [1.29, 1.82) is 0 Å². The molecule has 2 heterocycles. The van der Waals surface area contributed by atoms with E-state index in [9.17, 15) is 14.7 Å². The maximum atomic E-state index is 13.3. The Bertz CT molecular complexity index is 816. The van der Waals surface area contributed by atoms with E-state index in [4.69, 9.17) is 4.74 Å². The van der Waals surface area contributed by atoms with Crippen LogP contribution in [0.3, 0.4) is 0 Å². The van der Waals surface area contributed by atoms with Crippen molar-refractivity contribution in [3.05, 3.63) is 69.6 Å². The number of nitrogens with one attached hydrogen (secondary N) is 1. The maximum absolute atomic E-state index is 13.3. The molecule has 0 aliphatic carbocycles. The van der Waals surface area contributed by atoms with E-state index in [1.165, 1.54) is 6.07 Å². The van der Waals surface area contributed by atoms with Gasteiger partial charge < -0.3 is 19.7 Å². The molecule has 138 valence electrons. The highest BCUT2D eigenvalue weighted by Gasteiger charge is 2.37. The monoisotopic (exact) mass is 356 g/mol. The number of aliphatic hydroxyl groups is 1. The molecule has 0 bridgehead atoms. The van der Waals surface area contributed by atoms with Crippen LogP contribution < -0.4 is 5.56 Å². The molecule has 1 aromatic carbocycles. The summed E-state index contributed by atoms with van der Waals surface area (Å²) in [5.74, 6) is -0.159. The molecule has 6 heteroatoms. The Balaban J connectivity index is 2.03. The minimum atomic E-state index is -0.486. The Morgan fingerprint density at radius 1 is 1.27 bits per heavy atom. The van der Waals surface area contributed by atoms with Crippen molar-refractivity contribution in [2.24, 2.45) is 0 Å². The quantitative estimate of drug-likeness (QED) is 0.879. The Morgan fingerprint density at radius 3 is 2.65 bits per heavy atom. The molecule has 0 spiro atoms. The van der Waals surface area contributed by atoms with E-state index in [-0.39, 0.29) is 30.0 Å². The van der Waals surface area contributed by atoms with Gasteiger partial charge in [-0.15, -0.1) is 0 Å². The summed E-state index contributed by atoms with van der Waals surface area (Å²) in [6, 6.07) is 12.2. The van der Waals surface area contributed by atoms with E-state index in [2.05, 4.69) is 4.98 Å². The Kier molecular flexibility index (Phi) is 5.54. The summed E-state index contributed by atoms with van der Waals surface area (Å²) in [6.45, 7) is 4.48. The fourth-order valence-electron chi connectivity index (χ4n) is 3.45. The summed E-state index contributed by atoms with van der Waals surface area (Å²) in [5, 5.41) is 9.76. The number of rotatable bonds is 4. The van der Waals surface area contributed by atoms with Crippen LogP contribution in [0.15, 0.2) is 47.3 Å². The Labute approximate surface area is 152 Å². The topological polar surface area (TPSA) is 82.6 Å². The zero-order valence-corrected chi connectivity index (χ0v) is 15.0. The molecule has 2 N–H and O–H groups in total. The first-order chi connectivity index (χ1) is 12.5. The smallest absolute Gasteiger partial charge is 0.256 e. The number of H-pyrrole nitrogens is 1. The summed E-state index contributed by atoms with van der Waals surface area (Å²) >= 11 is 0. The molecular weight excluding hydrogens is 332 g/mol. The zero-order valence-electron chi connectivity index (χ0n) is 15.0. The van der Waals surface area contributed by atoms with Crippen molar-refractivity contribution in [2.75, 3.05) is 19.8 Å². The van der Waals surface area contributed by atoms with Gasteiger partial charge in [-0.05, 0) is 17.5 Å². The van der Waals surface area contributed by atoms with Gasteiger partial charge in [-0.2, -0.15) is 0 Å². The van der Waals surface area contributed by atoms with Gasteiger partial charge in [0, 0.05) is 18.3 Å². The van der Waals surface area contributed by atoms with E-state index < -0.39 is 6.10 Å². The molecule has 1 aromatic heterocycles. The van der Waals surface area contributed by atoms with Gasteiger partial charge in [-0.3, -0.25) is 9.59 Å². The molecule has 1 saturated heterocycles. The van der Waals surface area contributed by atoms with Crippen molar-refractivity contribution >= 4 is 5.91 Å². The molecule has 2 aromatic rings. The molecule has 2 atom stereocenters. The fraction of sp³-hybridized carbons (Fsp3) is 0.400. The van der Waals surface area contributed by atoms with Crippen LogP contribution in [0.25, 0.3) is 0 Å². The molecule has 1 aliphatic rings. The van der Waals surface area contributed by atoms with E-state index in [1.807, 2.05) is 44.2 Å². The number of ether oxygens (including phenoxy) is 1. The summed E-state index contributed by atoms with van der Waals surface area (Å²) < 4.78 is 5.71. The number of pyridine rings is 1. The second kappa shape index (κ2) is 7.85. The third kappa shape index (κ3) is 3.57. The molecule has 3 rings (SSSR count). The lowest BCUT2D eigenvalue weighted by Gasteiger charge is -2.41. The van der Waals surface area contributed by atoms with Gasteiger partial charge in [-0.25, -0.2) is 0 Å². The normalized spacial score (nSPS) is 20.4. The fourth-order valence-corrected chi connectivity index (χ4v) is 3.45. The van der Waals surface area contributed by atoms with Crippen LogP contribution in [0.4, 0.5) is 0 Å². The highest BCUT2D eigenvalue weighted by molar-refractivity contribution is 5.95. The molecule has 6 nitrogen and oxygen atoms in total. The van der Waals surface area contributed by atoms with Gasteiger partial charge in [0.25, 0.3) is 5.91 Å². The SMILES string of the molecule is CC(C)c1[nH]c(=O)ccc1C(=O)N1CCO[C@@H](CO)[C@@H]1c1ccccc1. The number of carbonyl (C=O) groups excluding carboxylic acids is 1. The highest BCUT2D eigenvalue weighted by Crippen LogP contribution is 2.31. The summed E-state index contributed by atoms with van der Waals surface area (Å²) in [6.07, 6.45) is -0.486. The predicted molar refractivity (Wildman–Crippen MR) is 98.2 cm³/mol. The standard InChI is InChI=1S/C20H24N2O4/c1-13(2)18-15(8-9-17(24)21-18)20(25)22-10-11-26-16(12-23)19(22)14-6-4-3-5-7-14/h3-9,13,16,19,23H,10-12H2,1-2H3,(H,21,24)/t16-,19-/m0/s1. The number of carbonyl (C=O) groups is 1. The largest absolute Gasteiger partial charge is 0.394 e. The molecule has 26 heavy (non-hydrogen) atoms. The van der Waals surface area contributed by atoms with Gasteiger partial charge >= 0.3 is 0 Å². The third-order valence-corrected chi connectivity index (χ3v) is 4.69. The van der Waals surface area contributed by atoms with Crippen molar-refractivity contribution in [3.63, 3.8) is 0 Å². The minimum Gasteiger partial charge on any atom is -0.394 e. The molecule has 1 aliphatic heterocycles. The molecule has 0 saturated carbocycles. The van der Waals surface area contributed by atoms with Crippen LogP contribution in [-0.2, 0) is 4.74 Å². The number of hydrogen-bond acceptors (Lipinski definition) is 4. The van der Waals surface area contributed by atoms with E-state index in [0.717, 1.165) is 5.56 Å². The molecule has 0 radical (unpaired) electrons. The van der Waals surface area contributed by atoms with Crippen molar-refractivity contribution < 1.29 is 14.6 Å². The summed E-state index contributed by atoms with van der Waals surface area (Å²) in [5.41, 5.74) is 1.80. The average molecular weight is 356 g/mol. The van der Waals surface area contributed by atoms with Crippen LogP contribution in [-0.4, -0.2) is 46.8 Å². The third-order valence-electron chi connectivity index (χ3n) is 4.69. The number of aromatic amines is 1. The molecule has 1 fully saturated rings. The van der Waals surface area contributed by atoms with Crippen LogP contribution >= 0.6 is 0 Å². The lowest BCUT2D eigenvalue weighted by atomic mass is 9.96. The Hall–Kier alpha value is -2.44. The van der Waals surface area contributed by atoms with Crippen molar-refractivity contribution in [1.82, 2.24) is 9.88 Å². The molecule has 1 amide bonds. The highest BCUT2D eigenvalue weighted by atomic mass is 16.5. The van der Waals surface area contributed by atoms with Crippen molar-refractivity contribution in [2.45, 2.75) is 31.9 Å². The minimum absolute atomic E-state index is 0.00713. The van der Waals surface area contributed by atoms with E-state index in [1.54, 1.807) is 11.0 Å². The average Bonchev–Trinajstić information content (AvgIpc) is 2.67. The lowest BCUT2D eigenvalue weighted by Crippen LogP contribution is -2.49. The van der Waals surface area contributed by atoms with Gasteiger partial charge in [0.1, 0.15) is 6.10 Å². The first-order valence-electron chi connectivity index (χ1n) is 8.84. The van der Waals surface area contributed by atoms with Crippen LogP contribution in [0.2, 0.25) is 0 Å². The lowest BCUT2D eigenvalue weighted by molar-refractivity contribution is -0.0811. The van der Waals surface area contributed by atoms with Gasteiger partial charge in [0.15, 0.2) is 0 Å². The van der Waals surface area contributed by atoms with Crippen LogP contribution in [0.5, 0.6) is 0 Å². The number of benzene rings is 1. The number of aliphatic hydroxyl groups excluding tert-OH is 1. The number of aromatic nitrogens is 1. The van der Waals surface area contributed by atoms with Gasteiger partial charge in [-0.1, -0.05) is 44.2 Å². The number of amides is 1. The Morgan fingerprint density at radius 2 is 2.00 bits per heavy atom. The molecular formula is C20H24N2O4. The van der Waals surface area contributed by atoms with Gasteiger partial charge in [0.2, 0.25) is 5.56 Å². The number of hydrogen-bond donors (Lipinski definition) is 2. The van der Waals surface area contributed by atoms with Gasteiger partial charge in [0.05, 0.1) is 24.8 Å². The summed E-state index contributed by atoms with van der Waals surface area (Å²) in [4.78, 5) is 29.6. The van der Waals surface area contributed by atoms with Crippen LogP contribution in [0, 0.1) is 0 Å². The zero-order chi connectivity index (χ0) is 18.7. The second-order valence-electron chi connectivity index (χ2n) is 6.75.